The summed E-state index contributed by atoms with van der Waals surface area (Å²) in [6.45, 7) is 2.71. The average molecular weight is 273 g/mol. The molecule has 0 amide bonds. The molecule has 20 heavy (non-hydrogen) atoms. The second-order valence-corrected chi connectivity index (χ2v) is 4.86. The van der Waals surface area contributed by atoms with E-state index < -0.39 is 0 Å². The summed E-state index contributed by atoms with van der Waals surface area (Å²) in [5.41, 5.74) is 9.55. The van der Waals surface area contributed by atoms with Crippen molar-refractivity contribution in [2.24, 2.45) is 17.9 Å². The molecular formula is C14H19N5O. The Morgan fingerprint density at radius 3 is 2.80 bits per heavy atom. The van der Waals surface area contributed by atoms with Gasteiger partial charge in [0.05, 0.1) is 6.20 Å². The Bertz CT molecular complexity index is 632. The highest BCUT2D eigenvalue weighted by Gasteiger charge is 2.08. The molecule has 0 radical (unpaired) electrons. The van der Waals surface area contributed by atoms with Crippen LogP contribution >= 0.6 is 0 Å². The molecule has 2 rings (SSSR count). The van der Waals surface area contributed by atoms with Gasteiger partial charge in [0, 0.05) is 43.7 Å². The second-order valence-electron chi connectivity index (χ2n) is 4.86. The van der Waals surface area contributed by atoms with Crippen LogP contribution in [0.1, 0.15) is 16.7 Å². The summed E-state index contributed by atoms with van der Waals surface area (Å²) in [7, 11) is 3.92. The normalized spacial score (nSPS) is 11.7. The zero-order valence-electron chi connectivity index (χ0n) is 11.9. The molecule has 0 bridgehead atoms. The van der Waals surface area contributed by atoms with Crippen LogP contribution in [0.4, 0.5) is 5.69 Å². The average Bonchev–Trinajstić information content (AvgIpc) is 2.83. The van der Waals surface area contributed by atoms with E-state index in [1.165, 1.54) is 0 Å². The van der Waals surface area contributed by atoms with E-state index in [2.05, 4.69) is 15.2 Å². The number of aromatic nitrogens is 2. The van der Waals surface area contributed by atoms with E-state index in [4.69, 9.17) is 10.9 Å². The maximum atomic E-state index is 8.73. The maximum Gasteiger partial charge on any atom is 0.170 e. The number of nitrogens with two attached hydrogens (primary N) is 1. The SMILES string of the molecule is Cc1cc(N(C)Cc2cnn(C)c2)ccc1/C(N)=N/O. The first kappa shape index (κ1) is 13.9. The van der Waals surface area contributed by atoms with Crippen LogP contribution in [0.25, 0.3) is 0 Å². The lowest BCUT2D eigenvalue weighted by molar-refractivity contribution is 0.318. The molecule has 0 saturated carbocycles. The van der Waals surface area contributed by atoms with E-state index in [0.29, 0.717) is 0 Å². The van der Waals surface area contributed by atoms with Gasteiger partial charge in [0.15, 0.2) is 5.84 Å². The summed E-state index contributed by atoms with van der Waals surface area (Å²) in [5.74, 6) is 0.129. The molecule has 3 N–H and O–H groups in total. The number of anilines is 1. The fourth-order valence-corrected chi connectivity index (χ4v) is 2.15. The van der Waals surface area contributed by atoms with Crippen molar-refractivity contribution in [2.45, 2.75) is 13.5 Å². The molecule has 0 spiro atoms. The quantitative estimate of drug-likeness (QED) is 0.382. The molecule has 6 nitrogen and oxygen atoms in total. The Kier molecular flexibility index (Phi) is 3.93. The van der Waals surface area contributed by atoms with Gasteiger partial charge in [-0.05, 0) is 30.7 Å². The highest BCUT2D eigenvalue weighted by Crippen LogP contribution is 2.19. The molecule has 106 valence electrons. The molecule has 2 aromatic rings. The molecule has 0 fully saturated rings. The zero-order valence-corrected chi connectivity index (χ0v) is 11.9. The minimum Gasteiger partial charge on any atom is -0.409 e. The molecule has 1 heterocycles. The van der Waals surface area contributed by atoms with E-state index in [9.17, 15) is 0 Å². The van der Waals surface area contributed by atoms with Gasteiger partial charge >= 0.3 is 0 Å². The van der Waals surface area contributed by atoms with Crippen LogP contribution in [0.3, 0.4) is 0 Å². The fourth-order valence-electron chi connectivity index (χ4n) is 2.15. The number of benzene rings is 1. The van der Waals surface area contributed by atoms with Gasteiger partial charge in [0.2, 0.25) is 0 Å². The van der Waals surface area contributed by atoms with Crippen LogP contribution in [0.2, 0.25) is 0 Å². The van der Waals surface area contributed by atoms with Gasteiger partial charge in [-0.2, -0.15) is 5.10 Å². The largest absolute Gasteiger partial charge is 0.409 e. The van der Waals surface area contributed by atoms with Gasteiger partial charge in [-0.25, -0.2) is 0 Å². The third-order valence-corrected chi connectivity index (χ3v) is 3.21. The van der Waals surface area contributed by atoms with Crippen molar-refractivity contribution in [1.82, 2.24) is 9.78 Å². The molecule has 0 atom stereocenters. The predicted molar refractivity (Wildman–Crippen MR) is 79.0 cm³/mol. The van der Waals surface area contributed by atoms with Crippen LogP contribution in [0.5, 0.6) is 0 Å². The van der Waals surface area contributed by atoms with Crippen molar-refractivity contribution in [3.63, 3.8) is 0 Å². The lowest BCUT2D eigenvalue weighted by Gasteiger charge is -2.19. The zero-order chi connectivity index (χ0) is 14.7. The number of hydrogen-bond acceptors (Lipinski definition) is 4. The van der Waals surface area contributed by atoms with Gasteiger partial charge in [-0.15, -0.1) is 0 Å². The summed E-state index contributed by atoms with van der Waals surface area (Å²) >= 11 is 0. The Morgan fingerprint density at radius 1 is 1.50 bits per heavy atom. The third-order valence-electron chi connectivity index (χ3n) is 3.21. The molecule has 0 aliphatic heterocycles. The van der Waals surface area contributed by atoms with Crippen molar-refractivity contribution in [2.75, 3.05) is 11.9 Å². The van der Waals surface area contributed by atoms with E-state index in [-0.39, 0.29) is 5.84 Å². The first-order valence-corrected chi connectivity index (χ1v) is 6.28. The second kappa shape index (κ2) is 5.64. The lowest BCUT2D eigenvalue weighted by Crippen LogP contribution is -2.18. The first-order valence-electron chi connectivity index (χ1n) is 6.28. The van der Waals surface area contributed by atoms with Gasteiger partial charge in [0.1, 0.15) is 0 Å². The molecule has 1 aromatic carbocycles. The van der Waals surface area contributed by atoms with Gasteiger partial charge in [0.25, 0.3) is 0 Å². The summed E-state index contributed by atoms with van der Waals surface area (Å²) in [5, 5.41) is 15.9. The standard InChI is InChI=1S/C14H19N5O/c1-10-6-12(4-5-13(10)14(15)17-20)18(2)8-11-7-16-19(3)9-11/h4-7,9,20H,8H2,1-3H3,(H2,15,17). The lowest BCUT2D eigenvalue weighted by atomic mass is 10.1. The third kappa shape index (κ3) is 2.90. The number of oxime groups is 1. The van der Waals surface area contributed by atoms with Crippen LogP contribution < -0.4 is 10.6 Å². The molecule has 0 unspecified atom stereocenters. The van der Waals surface area contributed by atoms with Gasteiger partial charge in [-0.1, -0.05) is 5.16 Å². The van der Waals surface area contributed by atoms with Crippen molar-refractivity contribution in [3.05, 3.63) is 47.3 Å². The Balaban J connectivity index is 2.18. The van der Waals surface area contributed by atoms with Crippen molar-refractivity contribution >= 4 is 11.5 Å². The Labute approximate surface area is 118 Å². The van der Waals surface area contributed by atoms with E-state index in [0.717, 1.165) is 28.9 Å². The number of amidine groups is 1. The fraction of sp³-hybridized carbons (Fsp3) is 0.286. The minimum absolute atomic E-state index is 0.129. The van der Waals surface area contributed by atoms with Crippen molar-refractivity contribution in [1.29, 1.82) is 0 Å². The number of aryl methyl sites for hydroxylation is 2. The van der Waals surface area contributed by atoms with E-state index in [1.54, 1.807) is 4.68 Å². The molecular weight excluding hydrogens is 254 g/mol. The molecule has 0 aliphatic rings. The highest BCUT2D eigenvalue weighted by atomic mass is 16.4. The van der Waals surface area contributed by atoms with E-state index >= 15 is 0 Å². The summed E-state index contributed by atoms with van der Waals surface area (Å²) in [6, 6.07) is 5.83. The summed E-state index contributed by atoms with van der Waals surface area (Å²) < 4.78 is 1.79. The molecule has 0 saturated heterocycles. The Hall–Kier alpha value is -2.50. The maximum absolute atomic E-state index is 8.73. The number of nitrogens with zero attached hydrogens (tertiary/aromatic N) is 4. The monoisotopic (exact) mass is 273 g/mol. The summed E-state index contributed by atoms with van der Waals surface area (Å²) in [4.78, 5) is 2.13. The van der Waals surface area contributed by atoms with Crippen LogP contribution in [0, 0.1) is 6.92 Å². The number of rotatable bonds is 4. The van der Waals surface area contributed by atoms with Crippen molar-refractivity contribution in [3.8, 4) is 0 Å². The predicted octanol–water partition coefficient (Wildman–Crippen LogP) is 1.46. The highest BCUT2D eigenvalue weighted by molar-refractivity contribution is 5.98. The minimum atomic E-state index is 0.129. The van der Waals surface area contributed by atoms with Gasteiger partial charge < -0.3 is 15.8 Å². The van der Waals surface area contributed by atoms with E-state index in [1.807, 2.05) is 51.6 Å². The smallest absolute Gasteiger partial charge is 0.170 e. The van der Waals surface area contributed by atoms with Crippen LogP contribution in [-0.4, -0.2) is 27.9 Å². The van der Waals surface area contributed by atoms with Crippen molar-refractivity contribution < 1.29 is 5.21 Å². The van der Waals surface area contributed by atoms with Crippen LogP contribution in [0.15, 0.2) is 35.7 Å². The van der Waals surface area contributed by atoms with Gasteiger partial charge in [-0.3, -0.25) is 4.68 Å². The molecule has 1 aromatic heterocycles. The molecule has 0 aliphatic carbocycles. The van der Waals surface area contributed by atoms with Crippen LogP contribution in [-0.2, 0) is 13.6 Å². The number of hydrogen-bond donors (Lipinski definition) is 2. The first-order chi connectivity index (χ1) is 9.51. The topological polar surface area (TPSA) is 79.7 Å². The summed E-state index contributed by atoms with van der Waals surface area (Å²) in [6.07, 6.45) is 3.85. The molecule has 6 heteroatoms. The Morgan fingerprint density at radius 2 is 2.25 bits per heavy atom.